The summed E-state index contributed by atoms with van der Waals surface area (Å²) < 4.78 is 28.4. The predicted octanol–water partition coefficient (Wildman–Crippen LogP) is 1.98. The summed E-state index contributed by atoms with van der Waals surface area (Å²) >= 11 is 1.06. The number of thiophene rings is 1. The predicted molar refractivity (Wildman–Crippen MR) is 106 cm³/mol. The molecule has 0 radical (unpaired) electrons. The second kappa shape index (κ2) is 8.67. The topological polar surface area (TPSA) is 83.5 Å². The molecule has 0 saturated carbocycles. The highest BCUT2D eigenvalue weighted by Gasteiger charge is 2.27. The van der Waals surface area contributed by atoms with Gasteiger partial charge in [0.2, 0.25) is 0 Å². The van der Waals surface area contributed by atoms with E-state index in [1.165, 1.54) is 6.07 Å². The minimum absolute atomic E-state index is 0.122. The van der Waals surface area contributed by atoms with Crippen molar-refractivity contribution in [2.24, 2.45) is 0 Å². The van der Waals surface area contributed by atoms with Gasteiger partial charge in [0.15, 0.2) is 0 Å². The number of carboxylic acid groups (broad SMARTS) is 1. The van der Waals surface area contributed by atoms with Gasteiger partial charge < -0.3 is 9.59 Å². The summed E-state index contributed by atoms with van der Waals surface area (Å²) in [4.78, 5) is 11.7. The molecular formula is C19H23N2O4S2+. The van der Waals surface area contributed by atoms with E-state index in [4.69, 9.17) is 5.11 Å². The van der Waals surface area contributed by atoms with Crippen LogP contribution in [0.15, 0.2) is 46.7 Å². The van der Waals surface area contributed by atoms with E-state index in [0.29, 0.717) is 15.9 Å². The summed E-state index contributed by atoms with van der Waals surface area (Å²) in [5.74, 6) is 4.90. The number of carboxylic acids is 1. The highest BCUT2D eigenvalue weighted by molar-refractivity contribution is 7.91. The molecule has 2 N–H and O–H groups in total. The minimum atomic E-state index is -3.81. The first kappa shape index (κ1) is 21.1. The van der Waals surface area contributed by atoms with Gasteiger partial charge in [-0.1, -0.05) is 30.0 Å². The van der Waals surface area contributed by atoms with Crippen molar-refractivity contribution in [3.8, 4) is 11.8 Å². The molecule has 0 amide bonds. The quantitative estimate of drug-likeness (QED) is 0.543. The van der Waals surface area contributed by atoms with Gasteiger partial charge in [0.25, 0.3) is 10.0 Å². The van der Waals surface area contributed by atoms with Crippen molar-refractivity contribution >= 4 is 27.3 Å². The molecule has 8 heteroatoms. The number of hydrogen-bond donors (Lipinski definition) is 2. The van der Waals surface area contributed by atoms with Crippen molar-refractivity contribution in [2.75, 3.05) is 27.7 Å². The third-order valence-corrected chi connectivity index (χ3v) is 6.47. The molecule has 1 atom stereocenters. The number of hydrogen-bond acceptors (Lipinski definition) is 4. The van der Waals surface area contributed by atoms with Crippen LogP contribution in [0.5, 0.6) is 0 Å². The van der Waals surface area contributed by atoms with Crippen LogP contribution < -0.4 is 4.72 Å². The summed E-state index contributed by atoms with van der Waals surface area (Å²) in [6.07, 6.45) is -0.277. The van der Waals surface area contributed by atoms with Crippen LogP contribution in [0.1, 0.15) is 16.9 Å². The van der Waals surface area contributed by atoms with Crippen LogP contribution in [-0.2, 0) is 14.8 Å². The van der Waals surface area contributed by atoms with Crippen LogP contribution >= 0.6 is 11.3 Å². The maximum atomic E-state index is 12.6. The van der Waals surface area contributed by atoms with Gasteiger partial charge in [-0.3, -0.25) is 4.79 Å². The number of nitrogens with one attached hydrogen (secondary N) is 1. The Labute approximate surface area is 164 Å². The average Bonchev–Trinajstić information content (AvgIpc) is 3.01. The molecule has 144 valence electrons. The fourth-order valence-corrected chi connectivity index (χ4v) is 4.88. The van der Waals surface area contributed by atoms with Crippen LogP contribution in [0.3, 0.4) is 0 Å². The Kier molecular flexibility index (Phi) is 6.78. The molecule has 2 rings (SSSR count). The number of benzene rings is 1. The molecule has 2 aromatic rings. The van der Waals surface area contributed by atoms with Crippen LogP contribution in [0, 0.1) is 11.8 Å². The lowest BCUT2D eigenvalue weighted by molar-refractivity contribution is -0.871. The van der Waals surface area contributed by atoms with Crippen molar-refractivity contribution in [1.29, 1.82) is 0 Å². The lowest BCUT2D eigenvalue weighted by Gasteiger charge is -2.28. The van der Waals surface area contributed by atoms with E-state index < -0.39 is 22.0 Å². The summed E-state index contributed by atoms with van der Waals surface area (Å²) in [6, 6.07) is 11.9. The van der Waals surface area contributed by atoms with Gasteiger partial charge in [0.1, 0.15) is 4.21 Å². The van der Waals surface area contributed by atoms with E-state index >= 15 is 0 Å². The Balaban J connectivity index is 2.17. The molecule has 27 heavy (non-hydrogen) atoms. The van der Waals surface area contributed by atoms with E-state index in [1.807, 2.05) is 51.5 Å². The van der Waals surface area contributed by atoms with Crippen molar-refractivity contribution in [1.82, 2.24) is 4.72 Å². The molecule has 0 bridgehead atoms. The molecule has 0 saturated heterocycles. The summed E-state index contributed by atoms with van der Waals surface area (Å²) in [7, 11) is 1.83. The molecular weight excluding hydrogens is 384 g/mol. The van der Waals surface area contributed by atoms with Crippen LogP contribution in [-0.4, -0.2) is 57.7 Å². The van der Waals surface area contributed by atoms with Crippen LogP contribution in [0.2, 0.25) is 0 Å². The molecule has 1 unspecified atom stereocenters. The fraction of sp³-hybridized carbons (Fsp3) is 0.316. The number of nitrogens with zero attached hydrogens (tertiary/aromatic N) is 1. The monoisotopic (exact) mass is 407 g/mol. The first-order chi connectivity index (χ1) is 12.5. The largest absolute Gasteiger partial charge is 0.481 e. The molecule has 6 nitrogen and oxygen atoms in total. The maximum Gasteiger partial charge on any atom is 0.305 e. The van der Waals surface area contributed by atoms with E-state index in [1.54, 1.807) is 6.07 Å². The number of aliphatic carboxylic acids is 1. The van der Waals surface area contributed by atoms with E-state index in [9.17, 15) is 13.2 Å². The van der Waals surface area contributed by atoms with E-state index in [2.05, 4.69) is 16.6 Å². The standard InChI is InChI=1S/C19H22N2O4S2/c1-21(2,3)14-16(13-18(22)23)20-27(24,25)19-12-11-17(26-19)10-9-15-7-5-4-6-8-15/h4-8,11-12,16,20H,13-14H2,1-3H3/p+1. The van der Waals surface area contributed by atoms with Gasteiger partial charge >= 0.3 is 5.97 Å². The second-order valence-electron chi connectivity index (χ2n) is 7.12. The fourth-order valence-electron chi connectivity index (χ4n) is 2.48. The molecule has 0 aliphatic heterocycles. The van der Waals surface area contributed by atoms with Crippen LogP contribution in [0.4, 0.5) is 0 Å². The number of sulfonamides is 1. The Morgan fingerprint density at radius 3 is 2.41 bits per heavy atom. The Hall–Kier alpha value is -2.18. The highest BCUT2D eigenvalue weighted by atomic mass is 32.2. The molecule has 0 aliphatic rings. The number of quaternary nitrogens is 1. The maximum absolute atomic E-state index is 12.6. The normalized spacial score (nSPS) is 12.9. The number of carbonyl (C=O) groups is 1. The Bertz CT molecular complexity index is 949. The van der Waals surface area contributed by atoms with Gasteiger partial charge in [0, 0.05) is 5.56 Å². The summed E-state index contributed by atoms with van der Waals surface area (Å²) in [6.45, 7) is 0.359. The number of likely N-dealkylation sites (N-methyl/N-ethyl adjacent to an activating group) is 1. The van der Waals surface area contributed by atoms with E-state index in [0.717, 1.165) is 16.9 Å². The smallest absolute Gasteiger partial charge is 0.305 e. The van der Waals surface area contributed by atoms with Gasteiger partial charge in [-0.15, -0.1) is 11.3 Å². The van der Waals surface area contributed by atoms with Crippen molar-refractivity contribution in [3.63, 3.8) is 0 Å². The van der Waals surface area contributed by atoms with E-state index in [-0.39, 0.29) is 10.6 Å². The SMILES string of the molecule is C[N+](C)(C)CC(CC(=O)O)NS(=O)(=O)c1ccc(C#Cc2ccccc2)s1. The molecule has 1 heterocycles. The first-order valence-electron chi connectivity index (χ1n) is 8.27. The third-order valence-electron chi connectivity index (χ3n) is 3.46. The lowest BCUT2D eigenvalue weighted by atomic mass is 10.2. The second-order valence-corrected chi connectivity index (χ2v) is 10.1. The lowest BCUT2D eigenvalue weighted by Crippen LogP contribution is -2.49. The third kappa shape index (κ3) is 7.15. The molecule has 0 fully saturated rings. The highest BCUT2D eigenvalue weighted by Crippen LogP contribution is 2.21. The van der Waals surface area contributed by atoms with Crippen molar-refractivity contribution in [2.45, 2.75) is 16.7 Å². The Morgan fingerprint density at radius 1 is 1.15 bits per heavy atom. The average molecular weight is 408 g/mol. The summed E-state index contributed by atoms with van der Waals surface area (Å²) in [5.41, 5.74) is 0.845. The number of rotatable bonds is 7. The van der Waals surface area contributed by atoms with Gasteiger partial charge in [0.05, 0.1) is 45.0 Å². The zero-order chi connectivity index (χ0) is 20.1. The van der Waals surface area contributed by atoms with Crippen molar-refractivity contribution in [3.05, 3.63) is 52.9 Å². The molecule has 0 spiro atoms. The molecule has 1 aromatic heterocycles. The van der Waals surface area contributed by atoms with Crippen LogP contribution in [0.25, 0.3) is 0 Å². The zero-order valence-corrected chi connectivity index (χ0v) is 17.1. The molecule has 0 aliphatic carbocycles. The van der Waals surface area contributed by atoms with Crippen molar-refractivity contribution < 1.29 is 22.8 Å². The van der Waals surface area contributed by atoms with Gasteiger partial charge in [-0.05, 0) is 24.3 Å². The minimum Gasteiger partial charge on any atom is -0.481 e. The van der Waals surface area contributed by atoms with Gasteiger partial charge in [-0.2, -0.15) is 0 Å². The first-order valence-corrected chi connectivity index (χ1v) is 10.6. The summed E-state index contributed by atoms with van der Waals surface area (Å²) in [5, 5.41) is 9.07. The molecule has 1 aromatic carbocycles. The Morgan fingerprint density at radius 2 is 1.81 bits per heavy atom. The zero-order valence-electron chi connectivity index (χ0n) is 15.5. The van der Waals surface area contributed by atoms with Gasteiger partial charge in [-0.25, -0.2) is 13.1 Å².